The molecule has 0 aliphatic heterocycles. The van der Waals surface area contributed by atoms with Crippen molar-refractivity contribution in [1.82, 2.24) is 15.4 Å². The molecule has 0 atom stereocenters. The Morgan fingerprint density at radius 2 is 1.79 bits per heavy atom. The Morgan fingerprint density at radius 1 is 1.04 bits per heavy atom. The molecule has 152 valence electrons. The second-order valence-electron chi connectivity index (χ2n) is 6.19. The topological polar surface area (TPSA) is 82.6 Å². The van der Waals surface area contributed by atoms with Crippen molar-refractivity contribution < 1.29 is 8.42 Å². The van der Waals surface area contributed by atoms with Gasteiger partial charge >= 0.3 is 0 Å². The van der Waals surface area contributed by atoms with Gasteiger partial charge < -0.3 is 10.6 Å². The Morgan fingerprint density at radius 3 is 2.50 bits per heavy atom. The SMILES string of the molecule is CCNC(=NCCS(=O)(=O)NCc1ccccc1)NCCc1cccc(Cl)c1. The lowest BCUT2D eigenvalue weighted by Crippen LogP contribution is -2.39. The molecule has 0 amide bonds. The molecule has 2 aromatic carbocycles. The van der Waals surface area contributed by atoms with Crippen molar-refractivity contribution in [1.29, 1.82) is 0 Å². The van der Waals surface area contributed by atoms with Crippen LogP contribution in [0.1, 0.15) is 18.1 Å². The van der Waals surface area contributed by atoms with Crippen LogP contribution in [-0.2, 0) is 23.0 Å². The lowest BCUT2D eigenvalue weighted by Gasteiger charge is -2.12. The van der Waals surface area contributed by atoms with Crippen molar-refractivity contribution in [3.05, 3.63) is 70.7 Å². The van der Waals surface area contributed by atoms with Gasteiger partial charge in [0.1, 0.15) is 0 Å². The number of hydrogen-bond donors (Lipinski definition) is 3. The Hall–Kier alpha value is -2.09. The summed E-state index contributed by atoms with van der Waals surface area (Å²) in [7, 11) is -3.39. The van der Waals surface area contributed by atoms with E-state index >= 15 is 0 Å². The van der Waals surface area contributed by atoms with Crippen LogP contribution in [0.4, 0.5) is 0 Å². The molecule has 0 saturated carbocycles. The Bertz CT molecular complexity index is 858. The van der Waals surface area contributed by atoms with Crippen LogP contribution in [0.2, 0.25) is 5.02 Å². The average molecular weight is 423 g/mol. The molecule has 8 heteroatoms. The van der Waals surface area contributed by atoms with Gasteiger partial charge in [0, 0.05) is 24.7 Å². The minimum atomic E-state index is -3.39. The van der Waals surface area contributed by atoms with E-state index in [2.05, 4.69) is 20.3 Å². The number of halogens is 1. The van der Waals surface area contributed by atoms with Crippen molar-refractivity contribution in [2.45, 2.75) is 19.9 Å². The Labute approximate surface area is 172 Å². The second-order valence-corrected chi connectivity index (χ2v) is 8.56. The lowest BCUT2D eigenvalue weighted by molar-refractivity contribution is 0.581. The van der Waals surface area contributed by atoms with E-state index in [4.69, 9.17) is 11.6 Å². The number of benzene rings is 2. The summed E-state index contributed by atoms with van der Waals surface area (Å²) < 4.78 is 26.9. The molecule has 0 aliphatic carbocycles. The third-order valence-electron chi connectivity index (χ3n) is 3.91. The van der Waals surface area contributed by atoms with Gasteiger partial charge in [-0.2, -0.15) is 0 Å². The summed E-state index contributed by atoms with van der Waals surface area (Å²) in [6.07, 6.45) is 0.794. The molecule has 0 spiro atoms. The van der Waals surface area contributed by atoms with E-state index in [-0.39, 0.29) is 18.8 Å². The van der Waals surface area contributed by atoms with E-state index in [1.807, 2.05) is 61.5 Å². The van der Waals surface area contributed by atoms with Gasteiger partial charge in [0.2, 0.25) is 10.0 Å². The van der Waals surface area contributed by atoms with E-state index in [0.29, 0.717) is 24.1 Å². The zero-order valence-corrected chi connectivity index (χ0v) is 17.6. The lowest BCUT2D eigenvalue weighted by atomic mass is 10.1. The van der Waals surface area contributed by atoms with Gasteiger partial charge in [-0.05, 0) is 36.6 Å². The summed E-state index contributed by atoms with van der Waals surface area (Å²) in [5.74, 6) is 0.535. The molecule has 0 heterocycles. The molecule has 0 aliphatic rings. The number of nitrogens with one attached hydrogen (secondary N) is 3. The highest BCUT2D eigenvalue weighted by Crippen LogP contribution is 2.10. The molecule has 0 saturated heterocycles. The standard InChI is InChI=1S/C20H27ClN4O2S/c1-2-22-20(23-12-11-17-9-6-10-19(21)15-17)24-13-14-28(26,27)25-16-18-7-4-3-5-8-18/h3-10,15,25H,2,11-14,16H2,1H3,(H2,22,23,24). The predicted octanol–water partition coefficient (Wildman–Crippen LogP) is 2.56. The van der Waals surface area contributed by atoms with Gasteiger partial charge in [-0.3, -0.25) is 4.99 Å². The number of hydrogen-bond acceptors (Lipinski definition) is 3. The van der Waals surface area contributed by atoms with Crippen LogP contribution in [0.5, 0.6) is 0 Å². The maximum Gasteiger partial charge on any atom is 0.213 e. The number of nitrogens with zero attached hydrogens (tertiary/aromatic N) is 1. The molecule has 0 fully saturated rings. The van der Waals surface area contributed by atoms with E-state index in [1.165, 1.54) is 0 Å². The molecule has 0 unspecified atom stereocenters. The van der Waals surface area contributed by atoms with Crippen molar-refractivity contribution in [2.24, 2.45) is 4.99 Å². The zero-order chi connectivity index (χ0) is 20.2. The van der Waals surface area contributed by atoms with Crippen LogP contribution in [-0.4, -0.2) is 39.8 Å². The van der Waals surface area contributed by atoms with Gasteiger partial charge in [0.25, 0.3) is 0 Å². The highest BCUT2D eigenvalue weighted by atomic mass is 35.5. The van der Waals surface area contributed by atoms with Crippen molar-refractivity contribution in [3.8, 4) is 0 Å². The molecule has 3 N–H and O–H groups in total. The summed E-state index contributed by atoms with van der Waals surface area (Å²) >= 11 is 5.99. The Kier molecular flexibility index (Phi) is 9.27. The largest absolute Gasteiger partial charge is 0.357 e. The second kappa shape index (κ2) is 11.7. The monoisotopic (exact) mass is 422 g/mol. The summed E-state index contributed by atoms with van der Waals surface area (Å²) in [4.78, 5) is 4.35. The van der Waals surface area contributed by atoms with E-state index < -0.39 is 10.0 Å². The minimum Gasteiger partial charge on any atom is -0.357 e. The summed E-state index contributed by atoms with van der Waals surface area (Å²) in [5, 5.41) is 7.05. The van der Waals surface area contributed by atoms with Crippen molar-refractivity contribution >= 4 is 27.6 Å². The van der Waals surface area contributed by atoms with E-state index in [0.717, 1.165) is 17.5 Å². The van der Waals surface area contributed by atoms with Gasteiger partial charge in [0.05, 0.1) is 12.3 Å². The zero-order valence-electron chi connectivity index (χ0n) is 16.0. The first-order valence-electron chi connectivity index (χ1n) is 9.26. The molecule has 2 rings (SSSR count). The molecule has 2 aromatic rings. The molecular formula is C20H27ClN4O2S. The fourth-order valence-electron chi connectivity index (χ4n) is 2.50. The summed E-state index contributed by atoms with van der Waals surface area (Å²) in [6, 6.07) is 17.1. The maximum absolute atomic E-state index is 12.1. The normalized spacial score (nSPS) is 12.0. The van der Waals surface area contributed by atoms with E-state index in [9.17, 15) is 8.42 Å². The minimum absolute atomic E-state index is 0.0648. The summed E-state index contributed by atoms with van der Waals surface area (Å²) in [6.45, 7) is 3.79. The highest BCUT2D eigenvalue weighted by Gasteiger charge is 2.09. The average Bonchev–Trinajstić information content (AvgIpc) is 2.67. The number of guanidine groups is 1. The maximum atomic E-state index is 12.1. The smallest absolute Gasteiger partial charge is 0.213 e. The summed E-state index contributed by atoms with van der Waals surface area (Å²) in [5.41, 5.74) is 2.05. The molecule has 0 bridgehead atoms. The quantitative estimate of drug-likeness (QED) is 0.406. The number of rotatable bonds is 10. The van der Waals surface area contributed by atoms with E-state index in [1.54, 1.807) is 0 Å². The van der Waals surface area contributed by atoms with Gasteiger partial charge in [-0.25, -0.2) is 13.1 Å². The first kappa shape index (κ1) is 22.2. The van der Waals surface area contributed by atoms with Crippen LogP contribution in [0.15, 0.2) is 59.6 Å². The van der Waals surface area contributed by atoms with Gasteiger partial charge in [0.15, 0.2) is 5.96 Å². The third-order valence-corrected chi connectivity index (χ3v) is 5.45. The Balaban J connectivity index is 1.78. The van der Waals surface area contributed by atoms with Gasteiger partial charge in [-0.15, -0.1) is 0 Å². The molecule has 0 aromatic heterocycles. The molecule has 6 nitrogen and oxygen atoms in total. The highest BCUT2D eigenvalue weighted by molar-refractivity contribution is 7.89. The van der Waals surface area contributed by atoms with Crippen LogP contribution in [0, 0.1) is 0 Å². The van der Waals surface area contributed by atoms with Crippen LogP contribution in [0.25, 0.3) is 0 Å². The number of aliphatic imine (C=N–C) groups is 1. The molecule has 28 heavy (non-hydrogen) atoms. The van der Waals surface area contributed by atoms with Crippen LogP contribution in [0.3, 0.4) is 0 Å². The van der Waals surface area contributed by atoms with Gasteiger partial charge in [-0.1, -0.05) is 54.1 Å². The first-order chi connectivity index (χ1) is 13.5. The molecule has 0 radical (unpaired) electrons. The van der Waals surface area contributed by atoms with Crippen molar-refractivity contribution in [2.75, 3.05) is 25.4 Å². The van der Waals surface area contributed by atoms with Crippen molar-refractivity contribution in [3.63, 3.8) is 0 Å². The third kappa shape index (κ3) is 8.73. The molecular weight excluding hydrogens is 396 g/mol. The predicted molar refractivity (Wildman–Crippen MR) is 116 cm³/mol. The van der Waals surface area contributed by atoms with Crippen LogP contribution < -0.4 is 15.4 Å². The first-order valence-corrected chi connectivity index (χ1v) is 11.3. The fourth-order valence-corrected chi connectivity index (χ4v) is 3.57. The van der Waals surface area contributed by atoms with Crippen LogP contribution >= 0.6 is 11.6 Å². The fraction of sp³-hybridized carbons (Fsp3) is 0.350. The number of sulfonamides is 1.